The molecule has 1 aliphatic rings. The van der Waals surface area contributed by atoms with Crippen molar-refractivity contribution in [3.05, 3.63) is 17.5 Å². The molecule has 1 heterocycles. The third-order valence-electron chi connectivity index (χ3n) is 3.86. The molecule has 15 heavy (non-hydrogen) atoms. The summed E-state index contributed by atoms with van der Waals surface area (Å²) >= 11 is 0. The van der Waals surface area contributed by atoms with Crippen molar-refractivity contribution < 1.29 is 0 Å². The van der Waals surface area contributed by atoms with Gasteiger partial charge >= 0.3 is 0 Å². The van der Waals surface area contributed by atoms with Crippen molar-refractivity contribution in [1.82, 2.24) is 9.78 Å². The summed E-state index contributed by atoms with van der Waals surface area (Å²) in [6.07, 6.45) is 6.92. The molecule has 2 rings (SSSR count). The van der Waals surface area contributed by atoms with Crippen molar-refractivity contribution in [1.29, 1.82) is 0 Å². The molecular formula is C12H21N3. The van der Waals surface area contributed by atoms with Gasteiger partial charge in [0.25, 0.3) is 0 Å². The van der Waals surface area contributed by atoms with Crippen LogP contribution in [-0.2, 0) is 13.5 Å². The molecule has 1 atom stereocenters. The van der Waals surface area contributed by atoms with Gasteiger partial charge in [0.15, 0.2) is 0 Å². The molecule has 84 valence electrons. The van der Waals surface area contributed by atoms with E-state index in [4.69, 9.17) is 5.73 Å². The molecule has 0 bridgehead atoms. The summed E-state index contributed by atoms with van der Waals surface area (Å²) < 4.78 is 1.88. The Morgan fingerprint density at radius 3 is 2.73 bits per heavy atom. The van der Waals surface area contributed by atoms with Crippen LogP contribution in [0.1, 0.15) is 50.4 Å². The van der Waals surface area contributed by atoms with E-state index in [1.54, 1.807) is 0 Å². The minimum atomic E-state index is 0.113. The zero-order valence-corrected chi connectivity index (χ0v) is 9.95. The molecule has 0 aromatic carbocycles. The highest BCUT2D eigenvalue weighted by molar-refractivity contribution is 5.23. The van der Waals surface area contributed by atoms with Crippen LogP contribution >= 0.6 is 0 Å². The fourth-order valence-electron chi connectivity index (χ4n) is 2.46. The maximum absolute atomic E-state index is 6.35. The highest BCUT2D eigenvalue weighted by Gasteiger charge is 2.40. The van der Waals surface area contributed by atoms with Crippen LogP contribution in [0.4, 0.5) is 0 Å². The smallest absolute Gasteiger partial charge is 0.0829 e. The lowest BCUT2D eigenvalue weighted by molar-refractivity contribution is 0.116. The molecule has 1 fully saturated rings. The first-order valence-corrected chi connectivity index (χ1v) is 5.85. The molecule has 3 nitrogen and oxygen atoms in total. The highest BCUT2D eigenvalue weighted by Crippen LogP contribution is 2.48. The van der Waals surface area contributed by atoms with Crippen LogP contribution in [0.2, 0.25) is 0 Å². The maximum Gasteiger partial charge on any atom is 0.0829 e. The largest absolute Gasteiger partial charge is 0.322 e. The van der Waals surface area contributed by atoms with Crippen LogP contribution in [-0.4, -0.2) is 9.78 Å². The molecule has 1 aromatic rings. The predicted molar refractivity (Wildman–Crippen MR) is 61.5 cm³/mol. The fourth-order valence-corrected chi connectivity index (χ4v) is 2.46. The Bertz CT molecular complexity index is 350. The molecule has 0 amide bonds. The average molecular weight is 207 g/mol. The van der Waals surface area contributed by atoms with Crippen molar-refractivity contribution in [2.45, 2.75) is 45.6 Å². The second kappa shape index (κ2) is 3.63. The molecule has 0 spiro atoms. The van der Waals surface area contributed by atoms with Crippen LogP contribution in [0.3, 0.4) is 0 Å². The minimum Gasteiger partial charge on any atom is -0.322 e. The van der Waals surface area contributed by atoms with Gasteiger partial charge in [0.1, 0.15) is 0 Å². The number of aryl methyl sites for hydroxylation is 2. The van der Waals surface area contributed by atoms with Gasteiger partial charge < -0.3 is 5.73 Å². The van der Waals surface area contributed by atoms with E-state index < -0.39 is 0 Å². The Kier molecular flexibility index (Phi) is 2.59. The van der Waals surface area contributed by atoms with Crippen molar-refractivity contribution in [3.63, 3.8) is 0 Å². The average Bonchev–Trinajstić information content (AvgIpc) is 2.54. The molecule has 0 saturated heterocycles. The van der Waals surface area contributed by atoms with Gasteiger partial charge in [-0.2, -0.15) is 5.10 Å². The van der Waals surface area contributed by atoms with Gasteiger partial charge in [-0.05, 0) is 30.2 Å². The van der Waals surface area contributed by atoms with Crippen LogP contribution in [0.25, 0.3) is 0 Å². The number of hydrogen-bond donors (Lipinski definition) is 1. The Hall–Kier alpha value is -0.830. The van der Waals surface area contributed by atoms with Crippen molar-refractivity contribution in [2.24, 2.45) is 18.2 Å². The lowest BCUT2D eigenvalue weighted by atomic mass is 9.64. The van der Waals surface area contributed by atoms with Gasteiger partial charge in [-0.3, -0.25) is 4.68 Å². The van der Waals surface area contributed by atoms with Gasteiger partial charge in [0.05, 0.1) is 11.7 Å². The zero-order chi connectivity index (χ0) is 11.1. The van der Waals surface area contributed by atoms with E-state index in [2.05, 4.69) is 25.1 Å². The molecule has 1 aromatic heterocycles. The van der Waals surface area contributed by atoms with Crippen molar-refractivity contribution in [3.8, 4) is 0 Å². The Balaban J connectivity index is 2.27. The topological polar surface area (TPSA) is 43.8 Å². The lowest BCUT2D eigenvalue weighted by Crippen LogP contribution is -2.38. The van der Waals surface area contributed by atoms with E-state index in [9.17, 15) is 0 Å². The van der Waals surface area contributed by atoms with Crippen molar-refractivity contribution in [2.75, 3.05) is 0 Å². The second-order valence-corrected chi connectivity index (χ2v) is 5.05. The Morgan fingerprint density at radius 1 is 1.60 bits per heavy atom. The fraction of sp³-hybridized carbons (Fsp3) is 0.750. The zero-order valence-electron chi connectivity index (χ0n) is 9.95. The quantitative estimate of drug-likeness (QED) is 0.825. The van der Waals surface area contributed by atoms with E-state index >= 15 is 0 Å². The van der Waals surface area contributed by atoms with Crippen LogP contribution in [0, 0.1) is 5.41 Å². The van der Waals surface area contributed by atoms with Gasteiger partial charge in [0.2, 0.25) is 0 Å². The second-order valence-electron chi connectivity index (χ2n) is 5.05. The van der Waals surface area contributed by atoms with Crippen LogP contribution in [0.15, 0.2) is 6.20 Å². The summed E-state index contributed by atoms with van der Waals surface area (Å²) in [7, 11) is 1.97. The molecule has 0 radical (unpaired) electrons. The number of aromatic nitrogens is 2. The summed E-state index contributed by atoms with van der Waals surface area (Å²) in [6, 6.07) is 0.113. The summed E-state index contributed by atoms with van der Waals surface area (Å²) in [5.74, 6) is 0. The number of rotatable bonds is 3. The Morgan fingerprint density at radius 2 is 2.27 bits per heavy atom. The normalized spacial score (nSPS) is 21.1. The number of nitrogens with zero attached hydrogens (tertiary/aromatic N) is 2. The maximum atomic E-state index is 6.35. The van der Waals surface area contributed by atoms with Crippen LogP contribution in [0.5, 0.6) is 0 Å². The van der Waals surface area contributed by atoms with Crippen LogP contribution < -0.4 is 5.73 Å². The lowest BCUT2D eigenvalue weighted by Gasteiger charge is -2.42. The van der Waals surface area contributed by atoms with E-state index in [0.29, 0.717) is 0 Å². The standard InChI is InChI=1S/C12H21N3/c1-4-9-8-15(3)14-10(9)11(13)12(2)6-5-7-12/h8,11H,4-7,13H2,1-3H3/t11-/m0/s1. The van der Waals surface area contributed by atoms with E-state index in [-0.39, 0.29) is 11.5 Å². The molecule has 3 heteroatoms. The molecule has 2 N–H and O–H groups in total. The van der Waals surface area contributed by atoms with E-state index in [1.165, 1.54) is 24.8 Å². The molecule has 0 unspecified atom stereocenters. The molecule has 1 saturated carbocycles. The summed E-state index contributed by atoms with van der Waals surface area (Å²) in [6.45, 7) is 4.45. The van der Waals surface area contributed by atoms with Gasteiger partial charge in [-0.1, -0.05) is 20.3 Å². The first kappa shape index (κ1) is 10.7. The monoisotopic (exact) mass is 207 g/mol. The summed E-state index contributed by atoms with van der Waals surface area (Å²) in [4.78, 5) is 0. The minimum absolute atomic E-state index is 0.113. The number of nitrogens with two attached hydrogens (primary N) is 1. The van der Waals surface area contributed by atoms with Crippen molar-refractivity contribution >= 4 is 0 Å². The molecular weight excluding hydrogens is 186 g/mol. The van der Waals surface area contributed by atoms with E-state index in [0.717, 1.165) is 12.1 Å². The first-order chi connectivity index (χ1) is 7.07. The third-order valence-corrected chi connectivity index (χ3v) is 3.86. The summed E-state index contributed by atoms with van der Waals surface area (Å²) in [5.41, 5.74) is 9.06. The Labute approximate surface area is 91.7 Å². The molecule has 1 aliphatic carbocycles. The summed E-state index contributed by atoms with van der Waals surface area (Å²) in [5, 5.41) is 4.52. The highest BCUT2D eigenvalue weighted by atomic mass is 15.3. The SMILES string of the molecule is CCc1cn(C)nc1[C@H](N)C1(C)CCC1. The number of hydrogen-bond acceptors (Lipinski definition) is 2. The molecule has 0 aliphatic heterocycles. The van der Waals surface area contributed by atoms with E-state index in [1.807, 2.05) is 11.7 Å². The third kappa shape index (κ3) is 1.69. The van der Waals surface area contributed by atoms with Gasteiger partial charge in [-0.25, -0.2) is 0 Å². The van der Waals surface area contributed by atoms with Gasteiger partial charge in [-0.15, -0.1) is 0 Å². The van der Waals surface area contributed by atoms with Gasteiger partial charge in [0, 0.05) is 13.2 Å². The predicted octanol–water partition coefficient (Wildman–Crippen LogP) is 2.17. The first-order valence-electron chi connectivity index (χ1n) is 5.85.